The quantitative estimate of drug-likeness (QED) is 0.882. The summed E-state index contributed by atoms with van der Waals surface area (Å²) in [7, 11) is 0. The number of anilines is 1. The highest BCUT2D eigenvalue weighted by Gasteiger charge is 2.31. The highest BCUT2D eigenvalue weighted by atomic mass is 16.5. The Balaban J connectivity index is 1.87. The summed E-state index contributed by atoms with van der Waals surface area (Å²) >= 11 is 0. The maximum Gasteiger partial charge on any atom is 0.254 e. The number of aliphatic hydroxyl groups is 1. The van der Waals surface area contributed by atoms with E-state index < -0.39 is 6.10 Å². The molecule has 0 saturated carbocycles. The van der Waals surface area contributed by atoms with Crippen LogP contribution < -0.4 is 5.32 Å². The van der Waals surface area contributed by atoms with Crippen molar-refractivity contribution in [3.63, 3.8) is 0 Å². The van der Waals surface area contributed by atoms with Crippen LogP contribution in [-0.4, -0.2) is 40.1 Å². The molecule has 0 aliphatic carbocycles. The van der Waals surface area contributed by atoms with Crippen LogP contribution in [0.25, 0.3) is 11.3 Å². The normalized spacial score (nSPS) is 20.3. The fourth-order valence-corrected chi connectivity index (χ4v) is 3.00. The molecule has 6 nitrogen and oxygen atoms in total. The molecule has 1 aromatic heterocycles. The van der Waals surface area contributed by atoms with Crippen molar-refractivity contribution in [3.8, 4) is 11.3 Å². The highest BCUT2D eigenvalue weighted by molar-refractivity contribution is 5.94. The standard InChI is InChI=1S/C18H23N3O3/c1-12-5-3-4-6-14(12)15-11-16(21(20-15)8-9-22)19-18(23)17-13(2)7-10-24-17/h3-6,11,13,17,22H,7-10H2,1-2H3,(H,19,23). The third-order valence-electron chi connectivity index (χ3n) is 4.41. The molecule has 6 heteroatoms. The molecule has 3 rings (SSSR count). The molecule has 2 aromatic rings. The Morgan fingerprint density at radius 1 is 1.46 bits per heavy atom. The van der Waals surface area contributed by atoms with Gasteiger partial charge in [0.15, 0.2) is 0 Å². The van der Waals surface area contributed by atoms with E-state index in [1.165, 1.54) is 0 Å². The van der Waals surface area contributed by atoms with Gasteiger partial charge in [-0.05, 0) is 24.8 Å². The van der Waals surface area contributed by atoms with E-state index in [-0.39, 0.29) is 18.4 Å². The molecule has 24 heavy (non-hydrogen) atoms. The summed E-state index contributed by atoms with van der Waals surface area (Å²) in [5.41, 5.74) is 2.89. The Hall–Kier alpha value is -2.18. The third kappa shape index (κ3) is 3.34. The van der Waals surface area contributed by atoms with Crippen molar-refractivity contribution in [1.29, 1.82) is 0 Å². The van der Waals surface area contributed by atoms with Gasteiger partial charge in [-0.15, -0.1) is 0 Å². The molecule has 2 heterocycles. The largest absolute Gasteiger partial charge is 0.394 e. The molecule has 1 amide bonds. The summed E-state index contributed by atoms with van der Waals surface area (Å²) < 4.78 is 7.14. The topological polar surface area (TPSA) is 76.4 Å². The van der Waals surface area contributed by atoms with Gasteiger partial charge in [0, 0.05) is 18.2 Å². The Morgan fingerprint density at radius 3 is 2.92 bits per heavy atom. The Morgan fingerprint density at radius 2 is 2.25 bits per heavy atom. The SMILES string of the molecule is Cc1ccccc1-c1cc(NC(=O)C2OCCC2C)n(CCO)n1. The predicted molar refractivity (Wildman–Crippen MR) is 91.6 cm³/mol. The van der Waals surface area contributed by atoms with Crippen molar-refractivity contribution in [2.75, 3.05) is 18.5 Å². The highest BCUT2D eigenvalue weighted by Crippen LogP contribution is 2.26. The smallest absolute Gasteiger partial charge is 0.254 e. The van der Waals surface area contributed by atoms with Gasteiger partial charge >= 0.3 is 0 Å². The lowest BCUT2D eigenvalue weighted by atomic mass is 10.0. The molecular formula is C18H23N3O3. The minimum atomic E-state index is -0.426. The predicted octanol–water partition coefficient (Wildman–Crippen LogP) is 2.21. The van der Waals surface area contributed by atoms with Gasteiger partial charge in [-0.3, -0.25) is 4.79 Å². The zero-order valence-corrected chi connectivity index (χ0v) is 14.0. The minimum Gasteiger partial charge on any atom is -0.394 e. The number of carbonyl (C=O) groups is 1. The number of carbonyl (C=O) groups excluding carboxylic acids is 1. The molecule has 2 N–H and O–H groups in total. The van der Waals surface area contributed by atoms with E-state index >= 15 is 0 Å². The number of nitrogens with zero attached hydrogens (tertiary/aromatic N) is 2. The van der Waals surface area contributed by atoms with Crippen molar-refractivity contribution in [2.45, 2.75) is 32.9 Å². The fraction of sp³-hybridized carbons (Fsp3) is 0.444. The molecule has 1 fully saturated rings. The summed E-state index contributed by atoms with van der Waals surface area (Å²) in [5, 5.41) is 16.7. The zero-order valence-electron chi connectivity index (χ0n) is 14.0. The van der Waals surface area contributed by atoms with Crippen LogP contribution in [0.1, 0.15) is 18.9 Å². The van der Waals surface area contributed by atoms with Gasteiger partial charge in [0.2, 0.25) is 0 Å². The van der Waals surface area contributed by atoms with E-state index in [2.05, 4.69) is 10.4 Å². The first-order chi connectivity index (χ1) is 11.6. The van der Waals surface area contributed by atoms with E-state index in [0.29, 0.717) is 19.0 Å². The van der Waals surface area contributed by atoms with Gasteiger partial charge in [0.05, 0.1) is 18.8 Å². The number of rotatable bonds is 5. The average Bonchev–Trinajstić information content (AvgIpc) is 3.15. The molecule has 2 unspecified atom stereocenters. The number of aliphatic hydroxyl groups excluding tert-OH is 1. The van der Waals surface area contributed by atoms with Crippen LogP contribution in [0.5, 0.6) is 0 Å². The van der Waals surface area contributed by atoms with Crippen molar-refractivity contribution in [1.82, 2.24) is 9.78 Å². The summed E-state index contributed by atoms with van der Waals surface area (Å²) in [6.07, 6.45) is 0.465. The molecule has 1 aromatic carbocycles. The summed E-state index contributed by atoms with van der Waals surface area (Å²) in [4.78, 5) is 12.5. The van der Waals surface area contributed by atoms with Gasteiger partial charge < -0.3 is 15.2 Å². The van der Waals surface area contributed by atoms with Crippen LogP contribution in [-0.2, 0) is 16.1 Å². The second-order valence-corrected chi connectivity index (χ2v) is 6.22. The molecule has 0 spiro atoms. The number of nitrogens with one attached hydrogen (secondary N) is 1. The number of aryl methyl sites for hydroxylation is 1. The number of amides is 1. The number of aromatic nitrogens is 2. The average molecular weight is 329 g/mol. The van der Waals surface area contributed by atoms with E-state index in [4.69, 9.17) is 4.74 Å². The molecule has 128 valence electrons. The third-order valence-corrected chi connectivity index (χ3v) is 4.41. The van der Waals surface area contributed by atoms with Crippen molar-refractivity contribution in [3.05, 3.63) is 35.9 Å². The van der Waals surface area contributed by atoms with Gasteiger partial charge in [-0.25, -0.2) is 4.68 Å². The zero-order chi connectivity index (χ0) is 17.1. The van der Waals surface area contributed by atoms with Gasteiger partial charge in [-0.2, -0.15) is 5.10 Å². The maximum absolute atomic E-state index is 12.5. The summed E-state index contributed by atoms with van der Waals surface area (Å²) in [6.45, 7) is 4.92. The van der Waals surface area contributed by atoms with Gasteiger partial charge in [0.25, 0.3) is 5.91 Å². The van der Waals surface area contributed by atoms with Crippen LogP contribution in [0.2, 0.25) is 0 Å². The Kier molecular flexibility index (Phi) is 4.97. The van der Waals surface area contributed by atoms with Crippen LogP contribution >= 0.6 is 0 Å². The molecule has 0 radical (unpaired) electrons. The second-order valence-electron chi connectivity index (χ2n) is 6.22. The number of hydrogen-bond donors (Lipinski definition) is 2. The van der Waals surface area contributed by atoms with Crippen molar-refractivity contribution in [2.24, 2.45) is 5.92 Å². The summed E-state index contributed by atoms with van der Waals surface area (Å²) in [6, 6.07) is 9.79. The van der Waals surface area contributed by atoms with Crippen LogP contribution in [0.15, 0.2) is 30.3 Å². The lowest BCUT2D eigenvalue weighted by Crippen LogP contribution is -2.32. The molecule has 2 atom stereocenters. The minimum absolute atomic E-state index is 0.0475. The lowest BCUT2D eigenvalue weighted by molar-refractivity contribution is -0.126. The van der Waals surface area contributed by atoms with Crippen LogP contribution in [0.3, 0.4) is 0 Å². The lowest BCUT2D eigenvalue weighted by Gasteiger charge is -2.14. The van der Waals surface area contributed by atoms with Crippen molar-refractivity contribution >= 4 is 11.7 Å². The van der Waals surface area contributed by atoms with Crippen LogP contribution in [0.4, 0.5) is 5.82 Å². The van der Waals surface area contributed by atoms with E-state index in [1.807, 2.05) is 44.2 Å². The second kappa shape index (κ2) is 7.15. The summed E-state index contributed by atoms with van der Waals surface area (Å²) in [5.74, 6) is 0.625. The molecule has 0 bridgehead atoms. The fourth-order valence-electron chi connectivity index (χ4n) is 3.00. The number of hydrogen-bond acceptors (Lipinski definition) is 4. The van der Waals surface area contributed by atoms with Crippen LogP contribution in [0, 0.1) is 12.8 Å². The molecule has 1 aliphatic rings. The molecule has 1 aliphatic heterocycles. The van der Waals surface area contributed by atoms with E-state index in [0.717, 1.165) is 23.2 Å². The van der Waals surface area contributed by atoms with Gasteiger partial charge in [0.1, 0.15) is 11.9 Å². The van der Waals surface area contributed by atoms with E-state index in [9.17, 15) is 9.90 Å². The first kappa shape index (κ1) is 16.7. The Bertz CT molecular complexity index is 726. The number of benzene rings is 1. The number of ether oxygens (including phenoxy) is 1. The van der Waals surface area contributed by atoms with E-state index in [1.54, 1.807) is 4.68 Å². The monoisotopic (exact) mass is 329 g/mol. The molecule has 1 saturated heterocycles. The van der Waals surface area contributed by atoms with Gasteiger partial charge in [-0.1, -0.05) is 31.2 Å². The maximum atomic E-state index is 12.5. The Labute approximate surface area is 141 Å². The van der Waals surface area contributed by atoms with Crippen molar-refractivity contribution < 1.29 is 14.6 Å². The molecular weight excluding hydrogens is 306 g/mol. The first-order valence-electron chi connectivity index (χ1n) is 8.27. The first-order valence-corrected chi connectivity index (χ1v) is 8.27.